The highest BCUT2D eigenvalue weighted by atomic mass is 35.5. The highest BCUT2D eigenvalue weighted by Crippen LogP contribution is 2.20. The Labute approximate surface area is 146 Å². The number of carbonyl (C=O) groups excluding carboxylic acids is 3. The third-order valence-electron chi connectivity index (χ3n) is 3.98. The van der Waals surface area contributed by atoms with Gasteiger partial charge in [-0.3, -0.25) is 14.4 Å². The van der Waals surface area contributed by atoms with Crippen LogP contribution in [0, 0.1) is 5.92 Å². The van der Waals surface area contributed by atoms with Gasteiger partial charge in [-0.1, -0.05) is 23.7 Å². The Hall–Kier alpha value is -2.08. The first-order valence-corrected chi connectivity index (χ1v) is 8.38. The SMILES string of the molecule is CC(C)N1CC(C(=O)NCCNC(=O)c2ccccc2Cl)CC1=O. The number of carbonyl (C=O) groups is 3. The smallest absolute Gasteiger partial charge is 0.252 e. The lowest BCUT2D eigenvalue weighted by Gasteiger charge is -2.20. The number of likely N-dealkylation sites (tertiary alicyclic amines) is 1. The van der Waals surface area contributed by atoms with Crippen LogP contribution in [-0.2, 0) is 9.59 Å². The maximum atomic E-state index is 12.1. The van der Waals surface area contributed by atoms with E-state index in [1.165, 1.54) is 0 Å². The molecule has 0 spiro atoms. The zero-order valence-electron chi connectivity index (χ0n) is 13.8. The Bertz CT molecular complexity index is 633. The van der Waals surface area contributed by atoms with Crippen molar-refractivity contribution >= 4 is 29.3 Å². The van der Waals surface area contributed by atoms with Crippen LogP contribution in [0.15, 0.2) is 24.3 Å². The normalized spacial score (nSPS) is 17.2. The second-order valence-electron chi connectivity index (χ2n) is 6.07. The van der Waals surface area contributed by atoms with Crippen LogP contribution in [0.3, 0.4) is 0 Å². The van der Waals surface area contributed by atoms with E-state index in [0.717, 1.165) is 0 Å². The molecule has 6 nitrogen and oxygen atoms in total. The molecule has 1 aromatic carbocycles. The minimum atomic E-state index is -0.320. The van der Waals surface area contributed by atoms with E-state index in [9.17, 15) is 14.4 Å². The molecule has 2 rings (SSSR count). The molecule has 1 atom stereocenters. The van der Waals surface area contributed by atoms with Gasteiger partial charge in [0.2, 0.25) is 11.8 Å². The Morgan fingerprint density at radius 3 is 2.54 bits per heavy atom. The lowest BCUT2D eigenvalue weighted by molar-refractivity contribution is -0.129. The molecule has 7 heteroatoms. The molecule has 1 aromatic rings. The van der Waals surface area contributed by atoms with E-state index in [-0.39, 0.29) is 36.1 Å². The quantitative estimate of drug-likeness (QED) is 0.761. The van der Waals surface area contributed by atoms with Crippen molar-refractivity contribution < 1.29 is 14.4 Å². The zero-order chi connectivity index (χ0) is 17.7. The number of rotatable bonds is 6. The standard InChI is InChI=1S/C17H22ClN3O3/c1-11(2)21-10-12(9-15(21)22)16(23)19-7-8-20-17(24)13-5-3-4-6-14(13)18/h3-6,11-12H,7-10H2,1-2H3,(H,19,23)(H,20,24). The number of hydrogen-bond donors (Lipinski definition) is 2. The van der Waals surface area contributed by atoms with Crippen LogP contribution in [-0.4, -0.2) is 48.3 Å². The molecule has 0 saturated carbocycles. The summed E-state index contributed by atoms with van der Waals surface area (Å²) in [7, 11) is 0. The van der Waals surface area contributed by atoms with Gasteiger partial charge >= 0.3 is 0 Å². The van der Waals surface area contributed by atoms with Gasteiger partial charge in [0, 0.05) is 32.1 Å². The third kappa shape index (κ3) is 4.47. The van der Waals surface area contributed by atoms with E-state index in [1.54, 1.807) is 29.2 Å². The van der Waals surface area contributed by atoms with Gasteiger partial charge in [0.1, 0.15) is 0 Å². The minimum Gasteiger partial charge on any atom is -0.354 e. The molecular weight excluding hydrogens is 330 g/mol. The highest BCUT2D eigenvalue weighted by molar-refractivity contribution is 6.33. The van der Waals surface area contributed by atoms with Crippen LogP contribution < -0.4 is 10.6 Å². The first-order valence-electron chi connectivity index (χ1n) is 8.00. The fourth-order valence-electron chi connectivity index (χ4n) is 2.65. The summed E-state index contributed by atoms with van der Waals surface area (Å²) in [4.78, 5) is 37.6. The molecule has 1 saturated heterocycles. The Morgan fingerprint density at radius 2 is 1.92 bits per heavy atom. The fourth-order valence-corrected chi connectivity index (χ4v) is 2.87. The zero-order valence-corrected chi connectivity index (χ0v) is 14.6. The molecular formula is C17H22ClN3O3. The number of amides is 3. The van der Waals surface area contributed by atoms with Crippen molar-refractivity contribution in [3.05, 3.63) is 34.9 Å². The Morgan fingerprint density at radius 1 is 1.25 bits per heavy atom. The molecule has 1 fully saturated rings. The number of halogens is 1. The third-order valence-corrected chi connectivity index (χ3v) is 4.31. The number of benzene rings is 1. The van der Waals surface area contributed by atoms with Crippen molar-refractivity contribution in [2.45, 2.75) is 26.3 Å². The molecule has 3 amide bonds. The van der Waals surface area contributed by atoms with Gasteiger partial charge in [0.05, 0.1) is 16.5 Å². The minimum absolute atomic E-state index is 0.0113. The molecule has 130 valence electrons. The summed E-state index contributed by atoms with van der Waals surface area (Å²) in [6.45, 7) is 4.92. The molecule has 1 heterocycles. The van der Waals surface area contributed by atoms with Gasteiger partial charge in [-0.05, 0) is 26.0 Å². The van der Waals surface area contributed by atoms with Gasteiger partial charge < -0.3 is 15.5 Å². The monoisotopic (exact) mass is 351 g/mol. The molecule has 0 aromatic heterocycles. The topological polar surface area (TPSA) is 78.5 Å². The van der Waals surface area contributed by atoms with Crippen molar-refractivity contribution in [2.24, 2.45) is 5.92 Å². The van der Waals surface area contributed by atoms with Gasteiger partial charge in [0.25, 0.3) is 5.91 Å². The summed E-state index contributed by atoms with van der Waals surface area (Å²) in [5.74, 6) is -0.744. The van der Waals surface area contributed by atoms with E-state index >= 15 is 0 Å². The molecule has 0 radical (unpaired) electrons. The maximum absolute atomic E-state index is 12.1. The average Bonchev–Trinajstić information content (AvgIpc) is 2.94. The second-order valence-corrected chi connectivity index (χ2v) is 6.47. The lowest BCUT2D eigenvalue weighted by atomic mass is 10.1. The van der Waals surface area contributed by atoms with Crippen LogP contribution >= 0.6 is 11.6 Å². The second kappa shape index (κ2) is 8.15. The highest BCUT2D eigenvalue weighted by Gasteiger charge is 2.35. The summed E-state index contributed by atoms with van der Waals surface area (Å²) in [5.41, 5.74) is 0.402. The van der Waals surface area contributed by atoms with Crippen molar-refractivity contribution in [1.29, 1.82) is 0 Å². The van der Waals surface area contributed by atoms with Gasteiger partial charge in [-0.25, -0.2) is 0 Å². The van der Waals surface area contributed by atoms with Crippen molar-refractivity contribution in [2.75, 3.05) is 19.6 Å². The van der Waals surface area contributed by atoms with Gasteiger partial charge in [-0.2, -0.15) is 0 Å². The van der Waals surface area contributed by atoms with Crippen LogP contribution in [0.4, 0.5) is 0 Å². The molecule has 1 unspecified atom stereocenters. The largest absolute Gasteiger partial charge is 0.354 e. The van der Waals surface area contributed by atoms with Gasteiger partial charge in [-0.15, -0.1) is 0 Å². The van der Waals surface area contributed by atoms with E-state index < -0.39 is 0 Å². The summed E-state index contributed by atoms with van der Waals surface area (Å²) >= 11 is 5.95. The maximum Gasteiger partial charge on any atom is 0.252 e. The van der Waals surface area contributed by atoms with Crippen LogP contribution in [0.2, 0.25) is 5.02 Å². The van der Waals surface area contributed by atoms with Crippen LogP contribution in [0.25, 0.3) is 0 Å². The van der Waals surface area contributed by atoms with E-state index in [0.29, 0.717) is 30.2 Å². The predicted molar refractivity (Wildman–Crippen MR) is 91.8 cm³/mol. The Kier molecular flexibility index (Phi) is 6.20. The number of nitrogens with zero attached hydrogens (tertiary/aromatic N) is 1. The number of hydrogen-bond acceptors (Lipinski definition) is 3. The summed E-state index contributed by atoms with van der Waals surface area (Å²) in [6.07, 6.45) is 0.246. The molecule has 24 heavy (non-hydrogen) atoms. The molecule has 2 N–H and O–H groups in total. The fraction of sp³-hybridized carbons (Fsp3) is 0.471. The van der Waals surface area contributed by atoms with Crippen molar-refractivity contribution in [1.82, 2.24) is 15.5 Å². The molecule has 1 aliphatic rings. The predicted octanol–water partition coefficient (Wildman–Crippen LogP) is 1.44. The van der Waals surface area contributed by atoms with Crippen LogP contribution in [0.1, 0.15) is 30.6 Å². The van der Waals surface area contributed by atoms with E-state index in [1.807, 2.05) is 13.8 Å². The van der Waals surface area contributed by atoms with Crippen molar-refractivity contribution in [3.63, 3.8) is 0 Å². The van der Waals surface area contributed by atoms with E-state index in [4.69, 9.17) is 11.6 Å². The summed E-state index contributed by atoms with van der Waals surface area (Å²) in [5, 5.41) is 5.85. The average molecular weight is 352 g/mol. The van der Waals surface area contributed by atoms with Crippen LogP contribution in [0.5, 0.6) is 0 Å². The molecule has 0 bridgehead atoms. The lowest BCUT2D eigenvalue weighted by Crippen LogP contribution is -2.39. The summed E-state index contributed by atoms with van der Waals surface area (Å²) in [6, 6.07) is 6.88. The summed E-state index contributed by atoms with van der Waals surface area (Å²) < 4.78 is 0. The Balaban J connectivity index is 1.73. The first kappa shape index (κ1) is 18.3. The van der Waals surface area contributed by atoms with Crippen molar-refractivity contribution in [3.8, 4) is 0 Å². The van der Waals surface area contributed by atoms with Gasteiger partial charge in [0.15, 0.2) is 0 Å². The molecule has 1 aliphatic heterocycles. The molecule has 0 aliphatic carbocycles. The first-order chi connectivity index (χ1) is 11.4. The van der Waals surface area contributed by atoms with E-state index in [2.05, 4.69) is 10.6 Å². The number of nitrogens with one attached hydrogen (secondary N) is 2.